The zero-order valence-corrected chi connectivity index (χ0v) is 18.6. The number of rotatable bonds is 5. The van der Waals surface area contributed by atoms with Crippen molar-refractivity contribution in [2.24, 2.45) is 10.9 Å². The Hall–Kier alpha value is -0.0900. The van der Waals surface area contributed by atoms with Crippen molar-refractivity contribution in [3.63, 3.8) is 0 Å². The first-order valence-electron chi connectivity index (χ1n) is 8.77. The van der Waals surface area contributed by atoms with E-state index in [4.69, 9.17) is 11.6 Å². The van der Waals surface area contributed by atoms with Crippen LogP contribution < -0.4 is 5.32 Å². The molecule has 5 nitrogen and oxygen atoms in total. The molecule has 2 aliphatic rings. The lowest BCUT2D eigenvalue weighted by Crippen LogP contribution is -2.42. The van der Waals surface area contributed by atoms with Crippen LogP contribution in [-0.2, 0) is 0 Å². The quantitative estimate of drug-likeness (QED) is 0.372. The predicted molar refractivity (Wildman–Crippen MR) is 116 cm³/mol. The first-order chi connectivity index (χ1) is 11.7. The second-order valence-electron chi connectivity index (χ2n) is 6.69. The number of hydrogen-bond acceptors (Lipinski definition) is 4. The van der Waals surface area contributed by atoms with Gasteiger partial charge in [-0.25, -0.2) is 0 Å². The summed E-state index contributed by atoms with van der Waals surface area (Å²) in [5, 5.41) is 13.6. The van der Waals surface area contributed by atoms with E-state index in [-0.39, 0.29) is 24.0 Å². The summed E-state index contributed by atoms with van der Waals surface area (Å²) in [6.07, 6.45) is 3.37. The van der Waals surface area contributed by atoms with Gasteiger partial charge in [0.15, 0.2) is 5.96 Å². The Morgan fingerprint density at radius 3 is 2.80 bits per heavy atom. The molecule has 2 N–H and O–H groups in total. The molecule has 25 heavy (non-hydrogen) atoms. The summed E-state index contributed by atoms with van der Waals surface area (Å²) in [6, 6.07) is 3.70. The van der Waals surface area contributed by atoms with Gasteiger partial charge in [0.1, 0.15) is 6.10 Å². The van der Waals surface area contributed by atoms with Crippen molar-refractivity contribution in [3.8, 4) is 0 Å². The van der Waals surface area contributed by atoms with E-state index in [2.05, 4.69) is 20.1 Å². The maximum absolute atomic E-state index is 10.3. The van der Waals surface area contributed by atoms with E-state index in [0.29, 0.717) is 10.9 Å². The van der Waals surface area contributed by atoms with Crippen molar-refractivity contribution in [3.05, 3.63) is 21.3 Å². The molecule has 1 aromatic rings. The molecule has 0 aliphatic carbocycles. The number of hydrogen-bond donors (Lipinski definition) is 2. The van der Waals surface area contributed by atoms with Crippen molar-refractivity contribution >= 4 is 52.9 Å². The monoisotopic (exact) mass is 498 g/mol. The molecule has 0 saturated carbocycles. The van der Waals surface area contributed by atoms with E-state index in [9.17, 15) is 5.11 Å². The number of aliphatic imine (C=N–C) groups is 1. The number of aliphatic hydroxyl groups is 1. The Morgan fingerprint density at radius 1 is 1.40 bits per heavy atom. The summed E-state index contributed by atoms with van der Waals surface area (Å²) < 4.78 is 0.706. The number of nitrogens with one attached hydrogen (secondary N) is 1. The highest BCUT2D eigenvalue weighted by atomic mass is 127. The molecule has 0 spiro atoms. The SMILES string of the molecule is CN=C(NCC(O)c1ccc(Cl)s1)N1CCC(CN2CCCC2)C1.I. The average molecular weight is 499 g/mol. The van der Waals surface area contributed by atoms with Gasteiger partial charge in [0.2, 0.25) is 0 Å². The summed E-state index contributed by atoms with van der Waals surface area (Å²) in [6.45, 7) is 6.29. The highest BCUT2D eigenvalue weighted by molar-refractivity contribution is 14.0. The van der Waals surface area contributed by atoms with Gasteiger partial charge in [0.25, 0.3) is 0 Å². The van der Waals surface area contributed by atoms with Gasteiger partial charge >= 0.3 is 0 Å². The zero-order valence-electron chi connectivity index (χ0n) is 14.7. The number of guanidine groups is 1. The summed E-state index contributed by atoms with van der Waals surface area (Å²) in [4.78, 5) is 10.2. The number of halogens is 2. The van der Waals surface area contributed by atoms with Crippen molar-refractivity contribution in [1.82, 2.24) is 15.1 Å². The Balaban J connectivity index is 0.00000225. The summed E-state index contributed by atoms with van der Waals surface area (Å²) >= 11 is 7.36. The molecule has 1 aromatic heterocycles. The van der Waals surface area contributed by atoms with Crippen LogP contribution in [0, 0.1) is 5.92 Å². The third-order valence-electron chi connectivity index (χ3n) is 4.89. The normalized spacial score (nSPS) is 22.9. The molecule has 3 rings (SSSR count). The van der Waals surface area contributed by atoms with Crippen LogP contribution in [0.2, 0.25) is 4.34 Å². The molecule has 0 aromatic carbocycles. The van der Waals surface area contributed by atoms with Gasteiger partial charge in [-0.05, 0) is 50.4 Å². The maximum atomic E-state index is 10.3. The van der Waals surface area contributed by atoms with Gasteiger partial charge in [0.05, 0.1) is 4.34 Å². The van der Waals surface area contributed by atoms with Gasteiger partial charge in [-0.1, -0.05) is 11.6 Å². The minimum atomic E-state index is -0.553. The molecule has 3 heterocycles. The molecule has 2 atom stereocenters. The maximum Gasteiger partial charge on any atom is 0.193 e. The lowest BCUT2D eigenvalue weighted by molar-refractivity contribution is 0.183. The molecule has 0 bridgehead atoms. The first kappa shape index (κ1) is 21.2. The Bertz CT molecular complexity index is 565. The van der Waals surface area contributed by atoms with Gasteiger partial charge < -0.3 is 20.2 Å². The van der Waals surface area contributed by atoms with Crippen LogP contribution in [0.25, 0.3) is 0 Å². The standard InChI is InChI=1S/C17H27ClN4OS.HI/c1-19-17(20-10-14(23)15-4-5-16(18)24-15)22-9-6-13(12-22)11-21-7-2-3-8-21;/h4-5,13-14,23H,2-3,6-12H2,1H3,(H,19,20);1H. The van der Waals surface area contributed by atoms with E-state index >= 15 is 0 Å². The summed E-state index contributed by atoms with van der Waals surface area (Å²) in [7, 11) is 1.81. The summed E-state index contributed by atoms with van der Waals surface area (Å²) in [5.74, 6) is 1.61. The van der Waals surface area contributed by atoms with Crippen LogP contribution in [0.1, 0.15) is 30.2 Å². The van der Waals surface area contributed by atoms with Crippen LogP contribution in [0.15, 0.2) is 17.1 Å². The van der Waals surface area contributed by atoms with Crippen LogP contribution in [0.5, 0.6) is 0 Å². The minimum absolute atomic E-state index is 0. The van der Waals surface area contributed by atoms with Crippen molar-refractivity contribution in [2.45, 2.75) is 25.4 Å². The Morgan fingerprint density at radius 2 is 2.16 bits per heavy atom. The van der Waals surface area contributed by atoms with Crippen molar-refractivity contribution in [2.75, 3.05) is 46.3 Å². The van der Waals surface area contributed by atoms with E-state index in [1.54, 1.807) is 0 Å². The molecule has 2 aliphatic heterocycles. The van der Waals surface area contributed by atoms with E-state index < -0.39 is 6.10 Å². The largest absolute Gasteiger partial charge is 0.386 e. The Labute approximate surface area is 176 Å². The molecular weight excluding hydrogens is 471 g/mol. The van der Waals surface area contributed by atoms with Crippen LogP contribution in [0.3, 0.4) is 0 Å². The molecule has 2 fully saturated rings. The number of likely N-dealkylation sites (tertiary alicyclic amines) is 2. The van der Waals surface area contributed by atoms with E-state index in [1.165, 1.54) is 50.2 Å². The predicted octanol–water partition coefficient (Wildman–Crippen LogP) is 3.05. The first-order valence-corrected chi connectivity index (χ1v) is 9.96. The zero-order chi connectivity index (χ0) is 16.9. The van der Waals surface area contributed by atoms with Crippen molar-refractivity contribution < 1.29 is 5.11 Å². The highest BCUT2D eigenvalue weighted by Crippen LogP contribution is 2.26. The summed E-state index contributed by atoms with van der Waals surface area (Å²) in [5.41, 5.74) is 0. The molecule has 2 unspecified atom stereocenters. The molecule has 0 amide bonds. The molecular formula is C17H28ClIN4OS. The molecule has 8 heteroatoms. The fourth-order valence-corrected chi connectivity index (χ4v) is 4.68. The van der Waals surface area contributed by atoms with Crippen LogP contribution in [-0.4, -0.2) is 67.2 Å². The highest BCUT2D eigenvalue weighted by Gasteiger charge is 2.27. The average Bonchev–Trinajstić information content (AvgIpc) is 3.31. The fourth-order valence-electron chi connectivity index (χ4n) is 3.63. The molecule has 142 valence electrons. The topological polar surface area (TPSA) is 51.1 Å². The number of nitrogens with zero attached hydrogens (tertiary/aromatic N) is 3. The van der Waals surface area contributed by atoms with E-state index in [1.807, 2.05) is 19.2 Å². The van der Waals surface area contributed by atoms with Crippen LogP contribution >= 0.6 is 46.9 Å². The minimum Gasteiger partial charge on any atom is -0.386 e. The van der Waals surface area contributed by atoms with Gasteiger partial charge in [-0.3, -0.25) is 4.99 Å². The third kappa shape index (κ3) is 5.95. The second kappa shape index (κ2) is 10.3. The van der Waals surface area contributed by atoms with Gasteiger partial charge in [-0.2, -0.15) is 0 Å². The fraction of sp³-hybridized carbons (Fsp3) is 0.706. The molecule has 0 radical (unpaired) electrons. The molecule has 2 saturated heterocycles. The van der Waals surface area contributed by atoms with Crippen molar-refractivity contribution in [1.29, 1.82) is 0 Å². The lowest BCUT2D eigenvalue weighted by atomic mass is 10.1. The van der Waals surface area contributed by atoms with Crippen LogP contribution in [0.4, 0.5) is 0 Å². The number of thiophene rings is 1. The lowest BCUT2D eigenvalue weighted by Gasteiger charge is -2.24. The third-order valence-corrected chi connectivity index (χ3v) is 6.22. The second-order valence-corrected chi connectivity index (χ2v) is 8.44. The van der Waals surface area contributed by atoms with Gasteiger partial charge in [-0.15, -0.1) is 35.3 Å². The van der Waals surface area contributed by atoms with E-state index in [0.717, 1.165) is 29.8 Å². The Kier molecular flexibility index (Phi) is 8.74. The van der Waals surface area contributed by atoms with Gasteiger partial charge in [0, 0.05) is 38.1 Å². The number of aliphatic hydroxyl groups excluding tert-OH is 1. The smallest absolute Gasteiger partial charge is 0.193 e.